The number of rotatable bonds is 6. The maximum absolute atomic E-state index is 12.7. The van der Waals surface area contributed by atoms with Crippen LogP contribution in [0.2, 0.25) is 5.02 Å². The number of amides is 1. The number of hydrogen-bond acceptors (Lipinski definition) is 4. The van der Waals surface area contributed by atoms with Crippen LogP contribution in [0.1, 0.15) is 49.2 Å². The summed E-state index contributed by atoms with van der Waals surface area (Å²) < 4.78 is 5.75. The number of halogens is 1. The molecule has 1 heterocycles. The van der Waals surface area contributed by atoms with Gasteiger partial charge < -0.3 is 10.1 Å². The standard InChI is InChI=1S/C22H25ClN2O2S/c23-17-1-3-19(4-2-17)27-12-21-24-18(13-28-21)8-20(26)25-22-9-14-5-15(10-22)7-16(6-14)11-22/h1-4,13-16H,5-12H2,(H,25,26). The molecule has 0 unspecified atom stereocenters. The highest BCUT2D eigenvalue weighted by Gasteiger charge is 2.51. The lowest BCUT2D eigenvalue weighted by Crippen LogP contribution is -2.60. The van der Waals surface area contributed by atoms with Gasteiger partial charge >= 0.3 is 0 Å². The Morgan fingerprint density at radius 3 is 2.43 bits per heavy atom. The van der Waals surface area contributed by atoms with E-state index in [-0.39, 0.29) is 11.4 Å². The van der Waals surface area contributed by atoms with Crippen molar-refractivity contribution < 1.29 is 9.53 Å². The summed E-state index contributed by atoms with van der Waals surface area (Å²) in [5.41, 5.74) is 0.907. The quantitative estimate of drug-likeness (QED) is 0.720. The molecule has 6 heteroatoms. The molecule has 4 nitrogen and oxygen atoms in total. The summed E-state index contributed by atoms with van der Waals surface area (Å²) in [6, 6.07) is 7.30. The first-order chi connectivity index (χ1) is 13.6. The number of carbonyl (C=O) groups is 1. The molecule has 0 aliphatic heterocycles. The Balaban J connectivity index is 1.16. The van der Waals surface area contributed by atoms with Crippen LogP contribution >= 0.6 is 22.9 Å². The van der Waals surface area contributed by atoms with Crippen molar-refractivity contribution in [2.45, 2.75) is 57.1 Å². The fourth-order valence-corrected chi connectivity index (χ4v) is 6.77. The summed E-state index contributed by atoms with van der Waals surface area (Å²) >= 11 is 7.43. The zero-order chi connectivity index (χ0) is 19.1. The number of nitrogens with zero attached hydrogens (tertiary/aromatic N) is 1. The third-order valence-corrected chi connectivity index (χ3v) is 7.68. The van der Waals surface area contributed by atoms with Crippen molar-refractivity contribution in [2.24, 2.45) is 17.8 Å². The molecule has 4 fully saturated rings. The third kappa shape index (κ3) is 3.92. The number of nitrogens with one attached hydrogen (secondary N) is 1. The van der Waals surface area contributed by atoms with E-state index in [0.29, 0.717) is 18.1 Å². The summed E-state index contributed by atoms with van der Waals surface area (Å²) in [5.74, 6) is 3.39. The van der Waals surface area contributed by atoms with Gasteiger partial charge in [-0.1, -0.05) is 11.6 Å². The lowest BCUT2D eigenvalue weighted by molar-refractivity contribution is -0.126. The summed E-state index contributed by atoms with van der Waals surface area (Å²) in [4.78, 5) is 17.3. The Morgan fingerprint density at radius 1 is 1.14 bits per heavy atom. The van der Waals surface area contributed by atoms with Gasteiger partial charge in [0.2, 0.25) is 5.91 Å². The number of carbonyl (C=O) groups excluding carboxylic acids is 1. The van der Waals surface area contributed by atoms with Crippen molar-refractivity contribution in [3.63, 3.8) is 0 Å². The van der Waals surface area contributed by atoms with E-state index in [2.05, 4.69) is 10.3 Å². The van der Waals surface area contributed by atoms with Gasteiger partial charge in [-0.25, -0.2) is 4.98 Å². The van der Waals surface area contributed by atoms with Crippen molar-refractivity contribution in [3.8, 4) is 5.75 Å². The molecular weight excluding hydrogens is 392 g/mol. The van der Waals surface area contributed by atoms with Gasteiger partial charge in [-0.2, -0.15) is 0 Å². The summed E-state index contributed by atoms with van der Waals surface area (Å²) in [6.07, 6.45) is 8.07. The van der Waals surface area contributed by atoms with Crippen LogP contribution in [0.25, 0.3) is 0 Å². The molecule has 4 aliphatic carbocycles. The lowest BCUT2D eigenvalue weighted by Gasteiger charge is -2.56. The number of thiazole rings is 1. The molecule has 2 aromatic rings. The lowest BCUT2D eigenvalue weighted by atomic mass is 9.53. The molecular formula is C22H25ClN2O2S. The first kappa shape index (κ1) is 18.4. The Bertz CT molecular complexity index is 828. The molecule has 4 saturated carbocycles. The average molecular weight is 417 g/mol. The Hall–Kier alpha value is -1.59. The average Bonchev–Trinajstić information content (AvgIpc) is 3.06. The monoisotopic (exact) mass is 416 g/mol. The Kier molecular flexibility index (Phi) is 4.84. The highest BCUT2D eigenvalue weighted by molar-refractivity contribution is 7.09. The smallest absolute Gasteiger partial charge is 0.226 e. The van der Waals surface area contributed by atoms with E-state index in [9.17, 15) is 4.79 Å². The van der Waals surface area contributed by atoms with Crippen LogP contribution in [0, 0.1) is 17.8 Å². The van der Waals surface area contributed by atoms with Gasteiger partial charge in [0, 0.05) is 15.9 Å². The number of ether oxygens (including phenoxy) is 1. The topological polar surface area (TPSA) is 51.2 Å². The zero-order valence-corrected chi connectivity index (χ0v) is 17.4. The third-order valence-electron chi connectivity index (χ3n) is 6.56. The van der Waals surface area contributed by atoms with Crippen molar-refractivity contribution in [3.05, 3.63) is 45.4 Å². The molecule has 0 atom stereocenters. The van der Waals surface area contributed by atoms with Crippen molar-refractivity contribution in [2.75, 3.05) is 0 Å². The molecule has 1 N–H and O–H groups in total. The first-order valence-corrected chi connectivity index (χ1v) is 11.4. The van der Waals surface area contributed by atoms with E-state index < -0.39 is 0 Å². The maximum atomic E-state index is 12.7. The van der Waals surface area contributed by atoms with E-state index in [1.165, 1.54) is 38.5 Å². The van der Waals surface area contributed by atoms with E-state index >= 15 is 0 Å². The maximum Gasteiger partial charge on any atom is 0.226 e. The molecule has 6 rings (SSSR count). The van der Waals surface area contributed by atoms with E-state index in [0.717, 1.165) is 34.2 Å². The van der Waals surface area contributed by atoms with Gasteiger partial charge in [0.15, 0.2) is 0 Å². The minimum Gasteiger partial charge on any atom is -0.486 e. The Labute approximate surface area is 174 Å². The molecule has 0 saturated heterocycles. The zero-order valence-electron chi connectivity index (χ0n) is 15.8. The predicted molar refractivity (Wildman–Crippen MR) is 111 cm³/mol. The van der Waals surface area contributed by atoms with Crippen LogP contribution in [0.15, 0.2) is 29.6 Å². The van der Waals surface area contributed by atoms with Gasteiger partial charge in [0.1, 0.15) is 17.4 Å². The summed E-state index contributed by atoms with van der Waals surface area (Å²) in [5, 5.41) is 6.97. The molecule has 1 aromatic heterocycles. The Morgan fingerprint density at radius 2 is 1.79 bits per heavy atom. The van der Waals surface area contributed by atoms with Gasteiger partial charge in [-0.05, 0) is 80.5 Å². The molecule has 4 bridgehead atoms. The minimum absolute atomic E-state index is 0.0718. The van der Waals surface area contributed by atoms with Crippen LogP contribution in [0.4, 0.5) is 0 Å². The number of benzene rings is 1. The van der Waals surface area contributed by atoms with Crippen LogP contribution in [0.3, 0.4) is 0 Å². The molecule has 148 valence electrons. The highest BCUT2D eigenvalue weighted by atomic mass is 35.5. The fraction of sp³-hybridized carbons (Fsp3) is 0.545. The van der Waals surface area contributed by atoms with Gasteiger partial charge in [0.25, 0.3) is 0 Å². The van der Waals surface area contributed by atoms with Crippen LogP contribution in [0.5, 0.6) is 5.75 Å². The van der Waals surface area contributed by atoms with E-state index in [1.54, 1.807) is 23.5 Å². The van der Waals surface area contributed by atoms with Crippen LogP contribution < -0.4 is 10.1 Å². The highest BCUT2D eigenvalue weighted by Crippen LogP contribution is 2.55. The van der Waals surface area contributed by atoms with Gasteiger partial charge in [-0.3, -0.25) is 4.79 Å². The van der Waals surface area contributed by atoms with E-state index in [1.807, 2.05) is 17.5 Å². The summed E-state index contributed by atoms with van der Waals surface area (Å²) in [7, 11) is 0. The predicted octanol–water partition coefficient (Wildman–Crippen LogP) is 5.00. The SMILES string of the molecule is O=C(Cc1csc(COc2ccc(Cl)cc2)n1)NC12CC3CC(CC(C3)C1)C2. The van der Waals surface area contributed by atoms with Crippen LogP contribution in [-0.4, -0.2) is 16.4 Å². The first-order valence-electron chi connectivity index (χ1n) is 10.2. The molecule has 0 radical (unpaired) electrons. The molecule has 1 amide bonds. The van der Waals surface area contributed by atoms with Crippen LogP contribution in [-0.2, 0) is 17.8 Å². The van der Waals surface area contributed by atoms with Crippen molar-refractivity contribution in [1.82, 2.24) is 10.3 Å². The normalized spacial score (nSPS) is 30.4. The van der Waals surface area contributed by atoms with E-state index in [4.69, 9.17) is 16.3 Å². The van der Waals surface area contributed by atoms with Gasteiger partial charge in [0.05, 0.1) is 12.1 Å². The fourth-order valence-electron chi connectivity index (χ4n) is 5.94. The minimum atomic E-state index is 0.0718. The van der Waals surface area contributed by atoms with Gasteiger partial charge in [-0.15, -0.1) is 11.3 Å². The molecule has 1 aromatic carbocycles. The number of hydrogen-bond donors (Lipinski definition) is 1. The second-order valence-corrected chi connectivity index (χ2v) is 10.3. The molecule has 0 spiro atoms. The second kappa shape index (κ2) is 7.34. The largest absolute Gasteiger partial charge is 0.486 e. The van der Waals surface area contributed by atoms with Crippen molar-refractivity contribution >= 4 is 28.8 Å². The molecule has 4 aliphatic rings. The van der Waals surface area contributed by atoms with Crippen molar-refractivity contribution in [1.29, 1.82) is 0 Å². The number of aromatic nitrogens is 1. The molecule has 28 heavy (non-hydrogen) atoms. The summed E-state index contributed by atoms with van der Waals surface area (Å²) in [6.45, 7) is 0.406. The second-order valence-electron chi connectivity index (χ2n) is 8.90.